The van der Waals surface area contributed by atoms with Gasteiger partial charge in [0.2, 0.25) is 0 Å². The van der Waals surface area contributed by atoms with E-state index in [-0.39, 0.29) is 6.10 Å². The van der Waals surface area contributed by atoms with E-state index < -0.39 is 0 Å². The van der Waals surface area contributed by atoms with E-state index in [0.29, 0.717) is 0 Å². The maximum atomic E-state index is 10.1. The average molecular weight is 202 g/mol. The molecule has 3 rings (SSSR count). The normalized spacial score (nSPS) is 34.3. The summed E-state index contributed by atoms with van der Waals surface area (Å²) in [6.45, 7) is 0. The van der Waals surface area contributed by atoms with Crippen LogP contribution < -0.4 is 0 Å². The van der Waals surface area contributed by atoms with Crippen molar-refractivity contribution in [2.75, 3.05) is 0 Å². The summed E-state index contributed by atoms with van der Waals surface area (Å²) < 4.78 is 0. The molecule has 80 valence electrons. The van der Waals surface area contributed by atoms with E-state index in [1.165, 1.54) is 36.8 Å². The highest BCUT2D eigenvalue weighted by Gasteiger charge is 2.34. The van der Waals surface area contributed by atoms with Gasteiger partial charge in [0.15, 0.2) is 0 Å². The van der Waals surface area contributed by atoms with Crippen molar-refractivity contribution < 1.29 is 5.11 Å². The highest BCUT2D eigenvalue weighted by atomic mass is 16.3. The molecule has 1 fully saturated rings. The van der Waals surface area contributed by atoms with E-state index in [1.807, 2.05) is 6.07 Å². The molecule has 1 saturated carbocycles. The van der Waals surface area contributed by atoms with E-state index >= 15 is 0 Å². The standard InChI is InChI=1S/C14H18O/c15-14-9-10-5-1-2-6-11(10)12-7-3-4-8-13(12)14/h3-4,7-8,10-11,14-15H,1-2,5-6,9H2/t10-,11+,14+/m1/s1. The summed E-state index contributed by atoms with van der Waals surface area (Å²) in [5, 5.41) is 10.1. The molecule has 0 amide bonds. The van der Waals surface area contributed by atoms with Crippen LogP contribution in [-0.2, 0) is 0 Å². The molecule has 15 heavy (non-hydrogen) atoms. The lowest BCUT2D eigenvalue weighted by atomic mass is 9.67. The molecular formula is C14H18O. The smallest absolute Gasteiger partial charge is 0.0795 e. The second-order valence-electron chi connectivity index (χ2n) is 5.03. The van der Waals surface area contributed by atoms with Crippen molar-refractivity contribution in [3.63, 3.8) is 0 Å². The van der Waals surface area contributed by atoms with Gasteiger partial charge >= 0.3 is 0 Å². The number of hydrogen-bond donors (Lipinski definition) is 1. The maximum Gasteiger partial charge on any atom is 0.0795 e. The first-order valence-corrected chi connectivity index (χ1v) is 6.13. The number of fused-ring (bicyclic) bond motifs is 3. The molecule has 2 aliphatic rings. The van der Waals surface area contributed by atoms with E-state index in [4.69, 9.17) is 0 Å². The zero-order chi connectivity index (χ0) is 10.3. The van der Waals surface area contributed by atoms with Crippen LogP contribution >= 0.6 is 0 Å². The number of hydrogen-bond acceptors (Lipinski definition) is 1. The van der Waals surface area contributed by atoms with Crippen molar-refractivity contribution >= 4 is 0 Å². The van der Waals surface area contributed by atoms with Gasteiger partial charge in [0.1, 0.15) is 0 Å². The van der Waals surface area contributed by atoms with Gasteiger partial charge in [-0.15, -0.1) is 0 Å². The summed E-state index contributed by atoms with van der Waals surface area (Å²) in [6.07, 6.45) is 6.15. The fourth-order valence-electron chi connectivity index (χ4n) is 3.46. The number of benzene rings is 1. The molecule has 0 aliphatic heterocycles. The summed E-state index contributed by atoms with van der Waals surface area (Å²) in [6, 6.07) is 8.49. The molecular weight excluding hydrogens is 184 g/mol. The fourth-order valence-corrected chi connectivity index (χ4v) is 3.46. The van der Waals surface area contributed by atoms with Crippen molar-refractivity contribution in [1.29, 1.82) is 0 Å². The highest BCUT2D eigenvalue weighted by molar-refractivity contribution is 5.35. The third-order valence-electron chi connectivity index (χ3n) is 4.19. The third kappa shape index (κ3) is 1.50. The van der Waals surface area contributed by atoms with E-state index in [1.54, 1.807) is 0 Å². The molecule has 1 aromatic carbocycles. The summed E-state index contributed by atoms with van der Waals surface area (Å²) >= 11 is 0. The molecule has 0 aromatic heterocycles. The Morgan fingerprint density at radius 2 is 1.73 bits per heavy atom. The zero-order valence-electron chi connectivity index (χ0n) is 9.02. The lowest BCUT2D eigenvalue weighted by Crippen LogP contribution is -2.26. The quantitative estimate of drug-likeness (QED) is 0.683. The van der Waals surface area contributed by atoms with Crippen LogP contribution in [0.4, 0.5) is 0 Å². The molecule has 0 heterocycles. The van der Waals surface area contributed by atoms with Crippen LogP contribution in [0, 0.1) is 5.92 Å². The molecule has 0 spiro atoms. The van der Waals surface area contributed by atoms with Crippen molar-refractivity contribution in [2.24, 2.45) is 5.92 Å². The highest BCUT2D eigenvalue weighted by Crippen LogP contribution is 2.48. The molecule has 0 radical (unpaired) electrons. The molecule has 0 saturated heterocycles. The Balaban J connectivity index is 2.03. The summed E-state index contributed by atoms with van der Waals surface area (Å²) in [4.78, 5) is 0. The van der Waals surface area contributed by atoms with Gasteiger partial charge in [0.05, 0.1) is 6.10 Å². The lowest BCUT2D eigenvalue weighted by Gasteiger charge is -2.39. The van der Waals surface area contributed by atoms with E-state index in [0.717, 1.165) is 18.3 Å². The second-order valence-corrected chi connectivity index (χ2v) is 5.03. The number of aliphatic hydroxyl groups excluding tert-OH is 1. The van der Waals surface area contributed by atoms with Crippen LogP contribution in [0.5, 0.6) is 0 Å². The minimum absolute atomic E-state index is 0.208. The predicted molar refractivity (Wildman–Crippen MR) is 60.7 cm³/mol. The lowest BCUT2D eigenvalue weighted by molar-refractivity contribution is 0.105. The Hall–Kier alpha value is -0.820. The van der Waals surface area contributed by atoms with Gasteiger partial charge < -0.3 is 5.11 Å². The monoisotopic (exact) mass is 202 g/mol. The molecule has 1 aromatic rings. The molecule has 1 nitrogen and oxygen atoms in total. The first-order chi connectivity index (χ1) is 7.36. The average Bonchev–Trinajstić information content (AvgIpc) is 2.30. The second kappa shape index (κ2) is 3.64. The van der Waals surface area contributed by atoms with Crippen LogP contribution in [0.15, 0.2) is 24.3 Å². The van der Waals surface area contributed by atoms with Gasteiger partial charge in [-0.05, 0) is 42.2 Å². The van der Waals surface area contributed by atoms with Crippen LogP contribution in [-0.4, -0.2) is 5.11 Å². The van der Waals surface area contributed by atoms with Gasteiger partial charge in [-0.1, -0.05) is 37.1 Å². The van der Waals surface area contributed by atoms with Crippen molar-refractivity contribution in [3.8, 4) is 0 Å². The molecule has 1 heteroatoms. The largest absolute Gasteiger partial charge is 0.388 e. The summed E-state index contributed by atoms with van der Waals surface area (Å²) in [5.41, 5.74) is 2.63. The fraction of sp³-hybridized carbons (Fsp3) is 0.571. The van der Waals surface area contributed by atoms with Crippen LogP contribution in [0.2, 0.25) is 0 Å². The maximum absolute atomic E-state index is 10.1. The van der Waals surface area contributed by atoms with Crippen LogP contribution in [0.3, 0.4) is 0 Å². The first kappa shape index (κ1) is 9.41. The van der Waals surface area contributed by atoms with Gasteiger partial charge in [-0.2, -0.15) is 0 Å². The number of rotatable bonds is 0. The Morgan fingerprint density at radius 1 is 1.00 bits per heavy atom. The topological polar surface area (TPSA) is 20.2 Å². The minimum atomic E-state index is -0.208. The zero-order valence-corrected chi connectivity index (χ0v) is 9.02. The first-order valence-electron chi connectivity index (χ1n) is 6.13. The third-order valence-corrected chi connectivity index (χ3v) is 4.19. The van der Waals surface area contributed by atoms with Crippen molar-refractivity contribution in [3.05, 3.63) is 35.4 Å². The Bertz CT molecular complexity index is 358. The molecule has 3 atom stereocenters. The van der Waals surface area contributed by atoms with E-state index in [2.05, 4.69) is 18.2 Å². The molecule has 1 N–H and O–H groups in total. The Morgan fingerprint density at radius 3 is 2.60 bits per heavy atom. The van der Waals surface area contributed by atoms with Gasteiger partial charge in [0, 0.05) is 0 Å². The van der Waals surface area contributed by atoms with Crippen LogP contribution in [0.1, 0.15) is 55.3 Å². The minimum Gasteiger partial charge on any atom is -0.388 e. The SMILES string of the molecule is O[C@H]1C[C@H]2CCCC[C@@H]2c2ccccc21. The van der Waals surface area contributed by atoms with Crippen molar-refractivity contribution in [2.45, 2.75) is 44.1 Å². The summed E-state index contributed by atoms with van der Waals surface area (Å²) in [7, 11) is 0. The predicted octanol–water partition coefficient (Wildman–Crippen LogP) is 3.40. The van der Waals surface area contributed by atoms with E-state index in [9.17, 15) is 5.11 Å². The Kier molecular flexibility index (Phi) is 2.28. The summed E-state index contributed by atoms with van der Waals surface area (Å²) in [5.74, 6) is 1.47. The number of aliphatic hydroxyl groups is 1. The molecule has 0 unspecified atom stereocenters. The molecule has 0 bridgehead atoms. The molecule has 2 aliphatic carbocycles. The van der Waals surface area contributed by atoms with Gasteiger partial charge in [-0.25, -0.2) is 0 Å². The van der Waals surface area contributed by atoms with Gasteiger partial charge in [-0.3, -0.25) is 0 Å². The Labute approximate surface area is 91.1 Å². The van der Waals surface area contributed by atoms with Crippen LogP contribution in [0.25, 0.3) is 0 Å². The van der Waals surface area contributed by atoms with Crippen molar-refractivity contribution in [1.82, 2.24) is 0 Å². The van der Waals surface area contributed by atoms with Gasteiger partial charge in [0.25, 0.3) is 0 Å².